The van der Waals surface area contributed by atoms with E-state index >= 15 is 0 Å². The molecule has 3 aromatic rings. The average molecular weight is 649 g/mol. The Morgan fingerprint density at radius 2 is 1.17 bits per heavy atom. The number of alkyl halides is 2. The summed E-state index contributed by atoms with van der Waals surface area (Å²) in [6.07, 6.45) is 3.60. The van der Waals surface area contributed by atoms with Gasteiger partial charge in [-0.2, -0.15) is 8.78 Å². The molecule has 1 atom stereocenters. The summed E-state index contributed by atoms with van der Waals surface area (Å²) in [4.78, 5) is 23.6. The van der Waals surface area contributed by atoms with Crippen LogP contribution in [0.1, 0.15) is 78.7 Å². The molecule has 1 unspecified atom stereocenters. The second-order valence-corrected chi connectivity index (χ2v) is 17.2. The van der Waals surface area contributed by atoms with Gasteiger partial charge in [0.15, 0.2) is 6.10 Å². The number of carbonyl (C=O) groups is 2. The lowest BCUT2D eigenvalue weighted by Gasteiger charge is -2.55. The zero-order valence-electron chi connectivity index (χ0n) is 27.6. The van der Waals surface area contributed by atoms with E-state index in [0.29, 0.717) is 37.0 Å². The number of carboxylic acids is 1. The maximum atomic E-state index is 13.9. The Labute approximate surface area is 273 Å². The molecule has 4 aliphatic carbocycles. The molecular formula is C39H47F2O4P. The molecule has 0 aliphatic heterocycles. The molecule has 1 N–H and O–H groups in total. The molecule has 7 heteroatoms. The molecular weight excluding hydrogens is 601 g/mol. The zero-order chi connectivity index (χ0) is 33.3. The minimum atomic E-state index is -4.06. The number of halogens is 2. The summed E-state index contributed by atoms with van der Waals surface area (Å²) in [6, 6.07) is 30.9. The number of carbonyl (C=O) groups excluding carboxylic acids is 1. The summed E-state index contributed by atoms with van der Waals surface area (Å²) in [5, 5.41) is 13.0. The third-order valence-corrected chi connectivity index (χ3v) is 12.4. The third kappa shape index (κ3) is 7.38. The summed E-state index contributed by atoms with van der Waals surface area (Å²) < 4.78 is 33.0. The number of aliphatic carboxylic acids is 1. The van der Waals surface area contributed by atoms with E-state index < -0.39 is 43.2 Å². The number of hydrogen-bond donors (Lipinski definition) is 1. The van der Waals surface area contributed by atoms with E-state index in [1.807, 2.05) is 0 Å². The maximum absolute atomic E-state index is 13.9. The van der Waals surface area contributed by atoms with Crippen molar-refractivity contribution in [3.05, 3.63) is 90.5 Å². The monoisotopic (exact) mass is 648 g/mol. The van der Waals surface area contributed by atoms with Crippen molar-refractivity contribution in [3.63, 3.8) is 0 Å². The molecule has 0 amide bonds. The van der Waals surface area contributed by atoms with E-state index in [1.54, 1.807) is 0 Å². The average Bonchev–Trinajstić information content (AvgIpc) is 3.00. The highest BCUT2D eigenvalue weighted by molar-refractivity contribution is 7.79. The molecule has 0 radical (unpaired) electrons. The zero-order valence-corrected chi connectivity index (χ0v) is 28.5. The Kier molecular flexibility index (Phi) is 10.1. The fourth-order valence-electron chi connectivity index (χ4n) is 8.06. The van der Waals surface area contributed by atoms with Gasteiger partial charge in [-0.25, -0.2) is 4.79 Å². The number of carboxylic acid groups (broad SMARTS) is 1. The molecule has 0 saturated heterocycles. The van der Waals surface area contributed by atoms with Crippen molar-refractivity contribution in [2.75, 3.05) is 0 Å². The molecule has 3 aromatic carbocycles. The van der Waals surface area contributed by atoms with E-state index in [1.165, 1.54) is 35.3 Å². The first-order chi connectivity index (χ1) is 21.7. The molecule has 4 fully saturated rings. The summed E-state index contributed by atoms with van der Waals surface area (Å²) in [6.45, 7) is 9.70. The lowest BCUT2D eigenvalue weighted by molar-refractivity contribution is -0.211. The predicted octanol–water partition coefficient (Wildman–Crippen LogP) is 8.23. The van der Waals surface area contributed by atoms with Crippen LogP contribution in [0.25, 0.3) is 0 Å². The Morgan fingerprint density at radius 1 is 0.761 bits per heavy atom. The largest absolute Gasteiger partial charge is 0.477 e. The van der Waals surface area contributed by atoms with Crippen molar-refractivity contribution < 1.29 is 28.2 Å². The van der Waals surface area contributed by atoms with Crippen LogP contribution in [-0.2, 0) is 19.7 Å². The van der Waals surface area contributed by atoms with Crippen LogP contribution in [0.3, 0.4) is 0 Å². The van der Waals surface area contributed by atoms with Gasteiger partial charge in [0.25, 0.3) is 0 Å². The molecule has 0 spiro atoms. The van der Waals surface area contributed by atoms with Gasteiger partial charge in [-0.05, 0) is 97.0 Å². The van der Waals surface area contributed by atoms with Crippen LogP contribution >= 0.6 is 7.92 Å². The molecule has 246 valence electrons. The van der Waals surface area contributed by atoms with Crippen LogP contribution in [0.2, 0.25) is 0 Å². The van der Waals surface area contributed by atoms with E-state index in [-0.39, 0.29) is 5.41 Å². The van der Waals surface area contributed by atoms with E-state index in [0.717, 1.165) is 19.3 Å². The highest BCUT2D eigenvalue weighted by Crippen LogP contribution is 2.60. The summed E-state index contributed by atoms with van der Waals surface area (Å²) in [5.74, 6) is -6.19. The first-order valence-corrected chi connectivity index (χ1v) is 17.9. The second kappa shape index (κ2) is 13.6. The molecule has 7 rings (SSSR count). The van der Waals surface area contributed by atoms with Gasteiger partial charge < -0.3 is 9.84 Å². The normalized spacial score (nSPS) is 24.3. The van der Waals surface area contributed by atoms with Crippen LogP contribution in [0.5, 0.6) is 0 Å². The predicted molar refractivity (Wildman–Crippen MR) is 182 cm³/mol. The third-order valence-electron chi connectivity index (χ3n) is 9.97. The highest BCUT2D eigenvalue weighted by Gasteiger charge is 2.58. The van der Waals surface area contributed by atoms with E-state index in [4.69, 9.17) is 9.84 Å². The fourth-order valence-corrected chi connectivity index (χ4v) is 10.3. The molecule has 0 aromatic heterocycles. The first-order valence-electron chi connectivity index (χ1n) is 16.5. The number of hydrogen-bond acceptors (Lipinski definition) is 3. The minimum absolute atomic E-state index is 0.195. The van der Waals surface area contributed by atoms with Gasteiger partial charge in [-0.3, -0.25) is 4.79 Å². The Bertz CT molecular complexity index is 1410. The standard InChI is InChI=1S/C22H23P.C17H24F2O4/c1-22(2,3)18-14-16-21(17-15-18)23(19-10-6-4-7-11-19)20-12-8-5-9-13-20;1-9(2)13(17(18,19)14(20)21)23-15(22)16-6-10-3-11(7-16)5-12(4-10)8-16/h4-17H,1-3H3;9-13H,3-8H2,1-2H3,(H,20,21). The van der Waals surface area contributed by atoms with Crippen LogP contribution in [0, 0.1) is 29.1 Å². The summed E-state index contributed by atoms with van der Waals surface area (Å²) >= 11 is 0. The Balaban J connectivity index is 0.000000181. The molecule has 0 heterocycles. The maximum Gasteiger partial charge on any atom is 0.378 e. The molecule has 4 nitrogen and oxygen atoms in total. The lowest BCUT2D eigenvalue weighted by atomic mass is 9.49. The van der Waals surface area contributed by atoms with Crippen LogP contribution in [-0.4, -0.2) is 29.1 Å². The summed E-state index contributed by atoms with van der Waals surface area (Å²) in [7, 11) is -0.494. The van der Waals surface area contributed by atoms with E-state index in [2.05, 4.69) is 106 Å². The Hall–Kier alpha value is -3.11. The lowest BCUT2D eigenvalue weighted by Crippen LogP contribution is -2.54. The number of ether oxygens (including phenoxy) is 1. The number of benzene rings is 3. The van der Waals surface area contributed by atoms with Crippen molar-refractivity contribution in [2.45, 2.75) is 90.6 Å². The SMILES string of the molecule is CC(C)(C)c1ccc(P(c2ccccc2)c2ccccc2)cc1.CC(C)C(OC(=O)C12CC3CC(CC(C3)C1)C2)C(F)(F)C(=O)O. The Morgan fingerprint density at radius 3 is 1.54 bits per heavy atom. The highest BCUT2D eigenvalue weighted by atomic mass is 31.1. The number of rotatable bonds is 8. The van der Waals surface area contributed by atoms with Gasteiger partial charge in [0.1, 0.15) is 0 Å². The van der Waals surface area contributed by atoms with E-state index in [9.17, 15) is 18.4 Å². The van der Waals surface area contributed by atoms with Crippen molar-refractivity contribution in [2.24, 2.45) is 29.1 Å². The topological polar surface area (TPSA) is 63.6 Å². The molecule has 4 bridgehead atoms. The van der Waals surface area contributed by atoms with Crippen LogP contribution < -0.4 is 15.9 Å². The second-order valence-electron chi connectivity index (χ2n) is 15.0. The molecule has 4 aliphatic rings. The van der Waals surface area contributed by atoms with Crippen molar-refractivity contribution in [3.8, 4) is 0 Å². The number of esters is 1. The molecule has 46 heavy (non-hydrogen) atoms. The molecule has 4 saturated carbocycles. The van der Waals surface area contributed by atoms with Gasteiger partial charge in [0.05, 0.1) is 5.41 Å². The van der Waals surface area contributed by atoms with Gasteiger partial charge in [0, 0.05) is 0 Å². The van der Waals surface area contributed by atoms with Crippen LogP contribution in [0.15, 0.2) is 84.9 Å². The van der Waals surface area contributed by atoms with Gasteiger partial charge in [-0.1, -0.05) is 120 Å². The quantitative estimate of drug-likeness (QED) is 0.198. The smallest absolute Gasteiger partial charge is 0.378 e. The van der Waals surface area contributed by atoms with Gasteiger partial charge >= 0.3 is 17.9 Å². The van der Waals surface area contributed by atoms with Crippen LogP contribution in [0.4, 0.5) is 8.78 Å². The minimum Gasteiger partial charge on any atom is -0.477 e. The first kappa shape index (κ1) is 34.2. The van der Waals surface area contributed by atoms with Crippen molar-refractivity contribution >= 4 is 35.8 Å². The van der Waals surface area contributed by atoms with Gasteiger partial charge in [-0.15, -0.1) is 0 Å². The fraction of sp³-hybridized carbons (Fsp3) is 0.487. The van der Waals surface area contributed by atoms with Crippen molar-refractivity contribution in [1.82, 2.24) is 0 Å². The summed E-state index contributed by atoms with van der Waals surface area (Å²) in [5.41, 5.74) is 0.925. The van der Waals surface area contributed by atoms with Gasteiger partial charge in [0.2, 0.25) is 0 Å². The van der Waals surface area contributed by atoms with Crippen molar-refractivity contribution in [1.29, 1.82) is 0 Å².